The molecule has 1 aromatic heterocycles. The van der Waals surface area contributed by atoms with Crippen LogP contribution in [0.4, 0.5) is 0 Å². The first kappa shape index (κ1) is 10.2. The number of aryl methyl sites for hydroxylation is 2. The zero-order valence-corrected chi connectivity index (χ0v) is 9.42. The number of imidazole rings is 1. The van der Waals surface area contributed by atoms with Gasteiger partial charge >= 0.3 is 0 Å². The average Bonchev–Trinajstić information content (AvgIpc) is 2.57. The molecular weight excluding hydrogens is 188 g/mol. The van der Waals surface area contributed by atoms with Crippen LogP contribution >= 0.6 is 0 Å². The number of nitrogens with zero attached hydrogens (tertiary/aromatic N) is 1. The van der Waals surface area contributed by atoms with E-state index in [1.807, 2.05) is 6.92 Å². The third-order valence-corrected chi connectivity index (χ3v) is 2.41. The third-order valence-electron chi connectivity index (χ3n) is 2.41. The van der Waals surface area contributed by atoms with Crippen LogP contribution < -0.4 is 0 Å². The van der Waals surface area contributed by atoms with Crippen LogP contribution in [-0.4, -0.2) is 16.6 Å². The number of rotatable bonds is 3. The lowest BCUT2D eigenvalue weighted by Crippen LogP contribution is -1.93. The van der Waals surface area contributed by atoms with Crippen LogP contribution in [0.15, 0.2) is 12.1 Å². The van der Waals surface area contributed by atoms with Crippen molar-refractivity contribution in [1.29, 1.82) is 0 Å². The second kappa shape index (κ2) is 4.03. The largest absolute Gasteiger partial charge is 0.374 e. The van der Waals surface area contributed by atoms with Crippen molar-refractivity contribution < 1.29 is 4.74 Å². The minimum atomic E-state index is 0.559. The van der Waals surface area contributed by atoms with Crippen molar-refractivity contribution in [3.8, 4) is 0 Å². The molecule has 1 N–H and O–H groups in total. The summed E-state index contributed by atoms with van der Waals surface area (Å²) in [6, 6.07) is 4.26. The lowest BCUT2D eigenvalue weighted by Gasteiger charge is -1.96. The van der Waals surface area contributed by atoms with Gasteiger partial charge in [0, 0.05) is 6.61 Å². The van der Waals surface area contributed by atoms with Crippen molar-refractivity contribution in [2.75, 3.05) is 6.61 Å². The van der Waals surface area contributed by atoms with Crippen molar-refractivity contribution in [1.82, 2.24) is 9.97 Å². The summed E-state index contributed by atoms with van der Waals surface area (Å²) in [6.45, 7) is 7.44. The number of H-pyrrole nitrogens is 1. The van der Waals surface area contributed by atoms with Crippen LogP contribution in [0, 0.1) is 13.8 Å². The number of fused-ring (bicyclic) bond motifs is 1. The van der Waals surface area contributed by atoms with Gasteiger partial charge in [-0.15, -0.1) is 0 Å². The molecule has 0 radical (unpaired) electrons. The van der Waals surface area contributed by atoms with E-state index in [-0.39, 0.29) is 0 Å². The van der Waals surface area contributed by atoms with Crippen molar-refractivity contribution >= 4 is 11.0 Å². The molecule has 0 aliphatic rings. The molecule has 0 spiro atoms. The van der Waals surface area contributed by atoms with Crippen LogP contribution in [0.2, 0.25) is 0 Å². The number of aromatic nitrogens is 2. The van der Waals surface area contributed by atoms with Gasteiger partial charge in [0.15, 0.2) is 0 Å². The highest BCUT2D eigenvalue weighted by Crippen LogP contribution is 2.18. The van der Waals surface area contributed by atoms with E-state index < -0.39 is 0 Å². The molecule has 3 nitrogen and oxygen atoms in total. The fourth-order valence-electron chi connectivity index (χ4n) is 1.79. The van der Waals surface area contributed by atoms with Crippen LogP contribution in [0.5, 0.6) is 0 Å². The molecule has 2 aromatic rings. The Labute approximate surface area is 89.5 Å². The fourth-order valence-corrected chi connectivity index (χ4v) is 1.79. The Morgan fingerprint density at radius 3 is 2.87 bits per heavy atom. The molecule has 0 aliphatic carbocycles. The van der Waals surface area contributed by atoms with Gasteiger partial charge < -0.3 is 9.72 Å². The Balaban J connectivity index is 2.41. The van der Waals surface area contributed by atoms with E-state index in [0.717, 1.165) is 23.5 Å². The zero-order chi connectivity index (χ0) is 10.8. The minimum absolute atomic E-state index is 0.559. The topological polar surface area (TPSA) is 37.9 Å². The van der Waals surface area contributed by atoms with E-state index >= 15 is 0 Å². The van der Waals surface area contributed by atoms with E-state index in [9.17, 15) is 0 Å². The Bertz CT molecular complexity index is 474. The molecule has 0 saturated carbocycles. The Morgan fingerprint density at radius 2 is 2.13 bits per heavy atom. The van der Waals surface area contributed by atoms with Gasteiger partial charge in [-0.1, -0.05) is 6.07 Å². The average molecular weight is 204 g/mol. The van der Waals surface area contributed by atoms with Crippen molar-refractivity contribution in [3.05, 3.63) is 29.1 Å². The Morgan fingerprint density at radius 1 is 1.33 bits per heavy atom. The summed E-state index contributed by atoms with van der Waals surface area (Å²) in [6.07, 6.45) is 0. The number of aromatic amines is 1. The Hall–Kier alpha value is -1.35. The van der Waals surface area contributed by atoms with Crippen LogP contribution in [0.25, 0.3) is 11.0 Å². The number of hydrogen-bond donors (Lipinski definition) is 1. The van der Waals surface area contributed by atoms with Gasteiger partial charge in [0.1, 0.15) is 12.4 Å². The maximum Gasteiger partial charge on any atom is 0.133 e. The maximum absolute atomic E-state index is 5.33. The summed E-state index contributed by atoms with van der Waals surface area (Å²) < 4.78 is 5.33. The molecule has 2 rings (SSSR count). The monoisotopic (exact) mass is 204 g/mol. The second-order valence-corrected chi connectivity index (χ2v) is 3.80. The van der Waals surface area contributed by atoms with Gasteiger partial charge in [-0.25, -0.2) is 4.98 Å². The van der Waals surface area contributed by atoms with E-state index in [2.05, 4.69) is 35.9 Å². The molecule has 1 heterocycles. The summed E-state index contributed by atoms with van der Waals surface area (Å²) in [5.74, 6) is 0.903. The molecule has 0 aliphatic heterocycles. The van der Waals surface area contributed by atoms with E-state index in [1.54, 1.807) is 0 Å². The van der Waals surface area contributed by atoms with E-state index in [0.29, 0.717) is 6.61 Å². The van der Waals surface area contributed by atoms with Crippen LogP contribution in [0.3, 0.4) is 0 Å². The van der Waals surface area contributed by atoms with Gasteiger partial charge in [0.2, 0.25) is 0 Å². The maximum atomic E-state index is 5.33. The molecule has 0 atom stereocenters. The van der Waals surface area contributed by atoms with Gasteiger partial charge in [-0.05, 0) is 38.0 Å². The van der Waals surface area contributed by atoms with Gasteiger partial charge in [0.25, 0.3) is 0 Å². The van der Waals surface area contributed by atoms with Gasteiger partial charge in [-0.3, -0.25) is 0 Å². The Kier molecular flexibility index (Phi) is 2.73. The SMILES string of the molecule is CCOCc1nc2c(C)cc(C)cc2[nH]1. The number of hydrogen-bond acceptors (Lipinski definition) is 2. The highest BCUT2D eigenvalue weighted by atomic mass is 16.5. The number of benzene rings is 1. The fraction of sp³-hybridized carbons (Fsp3) is 0.417. The summed E-state index contributed by atoms with van der Waals surface area (Å²) >= 11 is 0. The molecule has 0 saturated heterocycles. The summed E-state index contributed by atoms with van der Waals surface area (Å²) in [5, 5.41) is 0. The second-order valence-electron chi connectivity index (χ2n) is 3.80. The predicted molar refractivity (Wildman–Crippen MR) is 60.9 cm³/mol. The van der Waals surface area contributed by atoms with Crippen molar-refractivity contribution in [3.63, 3.8) is 0 Å². The summed E-state index contributed by atoms with van der Waals surface area (Å²) in [7, 11) is 0. The quantitative estimate of drug-likeness (QED) is 0.834. The predicted octanol–water partition coefficient (Wildman–Crippen LogP) is 2.72. The van der Waals surface area contributed by atoms with Crippen LogP contribution in [-0.2, 0) is 11.3 Å². The lowest BCUT2D eigenvalue weighted by atomic mass is 10.1. The highest BCUT2D eigenvalue weighted by molar-refractivity contribution is 5.79. The minimum Gasteiger partial charge on any atom is -0.374 e. The molecule has 0 unspecified atom stereocenters. The molecule has 3 heteroatoms. The number of ether oxygens (including phenoxy) is 1. The van der Waals surface area contributed by atoms with Gasteiger partial charge in [-0.2, -0.15) is 0 Å². The van der Waals surface area contributed by atoms with Crippen molar-refractivity contribution in [2.45, 2.75) is 27.4 Å². The molecule has 0 bridgehead atoms. The van der Waals surface area contributed by atoms with E-state index in [1.165, 1.54) is 11.1 Å². The molecule has 80 valence electrons. The molecule has 15 heavy (non-hydrogen) atoms. The van der Waals surface area contributed by atoms with E-state index in [4.69, 9.17) is 4.74 Å². The normalized spacial score (nSPS) is 11.1. The molecule has 0 fully saturated rings. The lowest BCUT2D eigenvalue weighted by molar-refractivity contribution is 0.129. The summed E-state index contributed by atoms with van der Waals surface area (Å²) in [5.41, 5.74) is 4.62. The molecule has 0 amide bonds. The summed E-state index contributed by atoms with van der Waals surface area (Å²) in [4.78, 5) is 7.79. The highest BCUT2D eigenvalue weighted by Gasteiger charge is 2.05. The molecular formula is C12H16N2O. The van der Waals surface area contributed by atoms with Gasteiger partial charge in [0.05, 0.1) is 11.0 Å². The first-order valence-electron chi connectivity index (χ1n) is 5.24. The standard InChI is InChI=1S/C12H16N2O/c1-4-15-7-11-13-10-6-8(2)5-9(3)12(10)14-11/h5-6H,4,7H2,1-3H3,(H,13,14). The van der Waals surface area contributed by atoms with Crippen molar-refractivity contribution in [2.24, 2.45) is 0 Å². The first-order valence-corrected chi connectivity index (χ1v) is 5.24. The molecule has 1 aromatic carbocycles. The third kappa shape index (κ3) is 2.02. The zero-order valence-electron chi connectivity index (χ0n) is 9.42. The smallest absolute Gasteiger partial charge is 0.133 e. The first-order chi connectivity index (χ1) is 7.20. The number of nitrogens with one attached hydrogen (secondary N) is 1. The van der Waals surface area contributed by atoms with Crippen LogP contribution in [0.1, 0.15) is 23.9 Å².